The number of hydrogen-bond donors (Lipinski definition) is 1. The van der Waals surface area contributed by atoms with Crippen LogP contribution in [-0.4, -0.2) is 45.0 Å². The van der Waals surface area contributed by atoms with Crippen molar-refractivity contribution in [3.05, 3.63) is 35.4 Å². The molecule has 1 aliphatic heterocycles. The Balaban J connectivity index is 1.83. The van der Waals surface area contributed by atoms with E-state index in [2.05, 4.69) is 5.32 Å². The smallest absolute Gasteiger partial charge is 0.309 e. The van der Waals surface area contributed by atoms with Gasteiger partial charge in [-0.15, -0.1) is 0 Å². The fourth-order valence-corrected chi connectivity index (χ4v) is 2.37. The van der Waals surface area contributed by atoms with Crippen LogP contribution < -0.4 is 5.32 Å². The maximum atomic E-state index is 11.4. The van der Waals surface area contributed by atoms with E-state index in [9.17, 15) is 4.79 Å². The highest BCUT2D eigenvalue weighted by Crippen LogP contribution is 2.12. The predicted octanol–water partition coefficient (Wildman–Crippen LogP) is 1.30. The van der Waals surface area contributed by atoms with Gasteiger partial charge in [-0.3, -0.25) is 4.79 Å². The number of morpholine rings is 1. The third-order valence-corrected chi connectivity index (χ3v) is 3.47. The second kappa shape index (κ2) is 8.12. The van der Waals surface area contributed by atoms with E-state index in [1.165, 1.54) is 7.11 Å². The second-order valence-corrected chi connectivity index (χ2v) is 5.26. The molecule has 5 nitrogen and oxygen atoms in total. The molecular formula is C16H23NO4. The van der Waals surface area contributed by atoms with Crippen LogP contribution in [0.3, 0.4) is 0 Å². The Hall–Kier alpha value is -1.43. The average molecular weight is 293 g/mol. The molecular weight excluding hydrogens is 270 g/mol. The van der Waals surface area contributed by atoms with Gasteiger partial charge in [0.25, 0.3) is 0 Å². The Bertz CT molecular complexity index is 463. The Labute approximate surface area is 125 Å². The van der Waals surface area contributed by atoms with E-state index in [0.29, 0.717) is 13.2 Å². The molecule has 1 fully saturated rings. The molecule has 2 rings (SSSR count). The number of benzene rings is 1. The van der Waals surface area contributed by atoms with Gasteiger partial charge in [-0.1, -0.05) is 24.3 Å². The number of nitrogens with one attached hydrogen (secondary N) is 1. The molecule has 2 unspecified atom stereocenters. The summed E-state index contributed by atoms with van der Waals surface area (Å²) in [5.41, 5.74) is 1.96. The lowest BCUT2D eigenvalue weighted by atomic mass is 10.1. The minimum absolute atomic E-state index is 0.0847. The van der Waals surface area contributed by atoms with E-state index >= 15 is 0 Å². The first kappa shape index (κ1) is 15.9. The fourth-order valence-electron chi connectivity index (χ4n) is 2.37. The summed E-state index contributed by atoms with van der Waals surface area (Å²) >= 11 is 0. The highest BCUT2D eigenvalue weighted by atomic mass is 16.5. The quantitative estimate of drug-likeness (QED) is 0.801. The largest absolute Gasteiger partial charge is 0.469 e. The summed E-state index contributed by atoms with van der Waals surface area (Å²) in [7, 11) is 1.40. The maximum Gasteiger partial charge on any atom is 0.309 e. The zero-order valence-corrected chi connectivity index (χ0v) is 12.6. The Morgan fingerprint density at radius 1 is 1.33 bits per heavy atom. The third-order valence-electron chi connectivity index (χ3n) is 3.47. The van der Waals surface area contributed by atoms with Crippen molar-refractivity contribution in [1.29, 1.82) is 0 Å². The normalized spacial score (nSPS) is 22.0. The van der Waals surface area contributed by atoms with E-state index in [4.69, 9.17) is 14.2 Å². The van der Waals surface area contributed by atoms with Crippen LogP contribution >= 0.6 is 0 Å². The highest BCUT2D eigenvalue weighted by Gasteiger charge is 2.18. The molecule has 2 atom stereocenters. The number of hydrogen-bond acceptors (Lipinski definition) is 5. The van der Waals surface area contributed by atoms with E-state index in [1.54, 1.807) is 0 Å². The van der Waals surface area contributed by atoms with Gasteiger partial charge in [0, 0.05) is 13.1 Å². The average Bonchev–Trinajstić information content (AvgIpc) is 2.49. The molecule has 0 spiro atoms. The molecule has 0 bridgehead atoms. The number of methoxy groups -OCH3 is 1. The zero-order valence-electron chi connectivity index (χ0n) is 12.6. The van der Waals surface area contributed by atoms with E-state index < -0.39 is 0 Å². The molecule has 5 heteroatoms. The van der Waals surface area contributed by atoms with Crippen LogP contribution in [0.15, 0.2) is 24.3 Å². The van der Waals surface area contributed by atoms with Crippen molar-refractivity contribution in [2.24, 2.45) is 0 Å². The second-order valence-electron chi connectivity index (χ2n) is 5.26. The molecule has 1 N–H and O–H groups in total. The maximum absolute atomic E-state index is 11.4. The van der Waals surface area contributed by atoms with Gasteiger partial charge < -0.3 is 19.5 Å². The molecule has 116 valence electrons. The first-order valence-corrected chi connectivity index (χ1v) is 7.26. The van der Waals surface area contributed by atoms with Gasteiger partial charge in [0.05, 0.1) is 39.0 Å². The van der Waals surface area contributed by atoms with Gasteiger partial charge in [0.2, 0.25) is 0 Å². The van der Waals surface area contributed by atoms with Crippen molar-refractivity contribution in [1.82, 2.24) is 5.32 Å². The molecule has 1 saturated heterocycles. The van der Waals surface area contributed by atoms with Crippen molar-refractivity contribution in [2.75, 3.05) is 26.8 Å². The summed E-state index contributed by atoms with van der Waals surface area (Å²) < 4.78 is 16.2. The summed E-state index contributed by atoms with van der Waals surface area (Å²) in [5.74, 6) is -0.240. The van der Waals surface area contributed by atoms with Crippen molar-refractivity contribution in [2.45, 2.75) is 32.2 Å². The van der Waals surface area contributed by atoms with Gasteiger partial charge in [0.15, 0.2) is 0 Å². The van der Waals surface area contributed by atoms with Crippen LogP contribution in [0.25, 0.3) is 0 Å². The number of carbonyl (C=O) groups excluding carboxylic acids is 1. The van der Waals surface area contributed by atoms with Gasteiger partial charge in [-0.05, 0) is 18.1 Å². The molecule has 1 aliphatic rings. The van der Waals surface area contributed by atoms with Crippen LogP contribution in [0, 0.1) is 0 Å². The van der Waals surface area contributed by atoms with Crippen molar-refractivity contribution in [3.8, 4) is 0 Å². The Morgan fingerprint density at radius 3 is 2.81 bits per heavy atom. The number of rotatable bonds is 6. The third kappa shape index (κ3) is 5.12. The highest BCUT2D eigenvalue weighted by molar-refractivity contribution is 5.72. The molecule has 1 heterocycles. The topological polar surface area (TPSA) is 56.8 Å². The van der Waals surface area contributed by atoms with E-state index in [0.717, 1.165) is 24.2 Å². The first-order valence-electron chi connectivity index (χ1n) is 7.26. The van der Waals surface area contributed by atoms with Crippen LogP contribution in [0.5, 0.6) is 0 Å². The van der Waals surface area contributed by atoms with Gasteiger partial charge in [0.1, 0.15) is 0 Å². The number of ether oxygens (including phenoxy) is 3. The van der Waals surface area contributed by atoms with Gasteiger partial charge in [-0.2, -0.15) is 0 Å². The van der Waals surface area contributed by atoms with Crippen LogP contribution in [0.4, 0.5) is 0 Å². The summed E-state index contributed by atoms with van der Waals surface area (Å²) in [6.07, 6.45) is 0.578. The van der Waals surface area contributed by atoms with Gasteiger partial charge >= 0.3 is 5.97 Å². The molecule has 21 heavy (non-hydrogen) atoms. The minimum Gasteiger partial charge on any atom is -0.469 e. The predicted molar refractivity (Wildman–Crippen MR) is 79.0 cm³/mol. The van der Waals surface area contributed by atoms with Crippen molar-refractivity contribution < 1.29 is 19.0 Å². The molecule has 1 aromatic rings. The molecule has 0 saturated carbocycles. The first-order chi connectivity index (χ1) is 10.2. The van der Waals surface area contributed by atoms with Crippen LogP contribution in [0.2, 0.25) is 0 Å². The summed E-state index contributed by atoms with van der Waals surface area (Å²) in [6.45, 7) is 4.77. The summed E-state index contributed by atoms with van der Waals surface area (Å²) in [4.78, 5) is 11.4. The summed E-state index contributed by atoms with van der Waals surface area (Å²) in [6, 6.07) is 7.76. The van der Waals surface area contributed by atoms with Crippen LogP contribution in [-0.2, 0) is 32.0 Å². The lowest BCUT2D eigenvalue weighted by Crippen LogP contribution is -2.45. The summed E-state index contributed by atoms with van der Waals surface area (Å²) in [5, 5.41) is 3.31. The number of carbonyl (C=O) groups is 1. The zero-order chi connectivity index (χ0) is 15.1. The van der Waals surface area contributed by atoms with Gasteiger partial charge in [-0.25, -0.2) is 0 Å². The molecule has 0 aromatic heterocycles. The SMILES string of the molecule is COC(=O)Cc1ccccc1COCC1CNCC(C)O1. The molecule has 0 radical (unpaired) electrons. The monoisotopic (exact) mass is 293 g/mol. The van der Waals surface area contributed by atoms with E-state index in [-0.39, 0.29) is 24.6 Å². The lowest BCUT2D eigenvalue weighted by Gasteiger charge is -2.28. The van der Waals surface area contributed by atoms with Crippen molar-refractivity contribution in [3.63, 3.8) is 0 Å². The number of esters is 1. The standard InChI is InChI=1S/C16H23NO4/c1-12-8-17-9-15(21-12)11-20-10-14-6-4-3-5-13(14)7-16(18)19-2/h3-6,12,15,17H,7-11H2,1-2H3. The molecule has 0 amide bonds. The minimum atomic E-state index is -0.240. The fraction of sp³-hybridized carbons (Fsp3) is 0.562. The van der Waals surface area contributed by atoms with Crippen LogP contribution in [0.1, 0.15) is 18.1 Å². The molecule has 1 aromatic carbocycles. The molecule has 0 aliphatic carbocycles. The Morgan fingerprint density at radius 2 is 2.10 bits per heavy atom. The lowest BCUT2D eigenvalue weighted by molar-refractivity contribution is -0.139. The van der Waals surface area contributed by atoms with E-state index in [1.807, 2.05) is 31.2 Å². The Kier molecular flexibility index (Phi) is 6.17. The van der Waals surface area contributed by atoms with Crippen molar-refractivity contribution >= 4 is 5.97 Å².